The lowest BCUT2D eigenvalue weighted by Crippen LogP contribution is -2.51. The Bertz CT molecular complexity index is 507. The molecule has 24 heavy (non-hydrogen) atoms. The maximum Gasteiger partial charge on any atom is 0.223 e. The molecule has 2 aliphatic heterocycles. The van der Waals surface area contributed by atoms with E-state index in [0.29, 0.717) is 0 Å². The number of carbonyl (C=O) groups is 1. The molecule has 132 valence electrons. The van der Waals surface area contributed by atoms with Crippen LogP contribution in [0.1, 0.15) is 19.8 Å². The Labute approximate surface area is 145 Å². The van der Waals surface area contributed by atoms with Gasteiger partial charge in [-0.1, -0.05) is 18.2 Å². The molecule has 2 aliphatic rings. The highest BCUT2D eigenvalue weighted by Crippen LogP contribution is 2.16. The SMILES string of the molecule is CC(CN1CCN(c2ccccc2)CC1)NC(=O)C1CCNCC1. The average molecular weight is 330 g/mol. The van der Waals surface area contributed by atoms with E-state index in [-0.39, 0.29) is 17.9 Å². The van der Waals surface area contributed by atoms with Crippen molar-refractivity contribution in [3.63, 3.8) is 0 Å². The van der Waals surface area contributed by atoms with E-state index in [4.69, 9.17) is 0 Å². The maximum atomic E-state index is 12.3. The number of nitrogens with zero attached hydrogens (tertiary/aromatic N) is 2. The first-order valence-electron chi connectivity index (χ1n) is 9.26. The van der Waals surface area contributed by atoms with E-state index in [1.54, 1.807) is 0 Å². The number of amides is 1. The second-order valence-corrected chi connectivity index (χ2v) is 7.06. The van der Waals surface area contributed by atoms with Gasteiger partial charge in [-0.05, 0) is 45.0 Å². The smallest absolute Gasteiger partial charge is 0.223 e. The van der Waals surface area contributed by atoms with Crippen LogP contribution < -0.4 is 15.5 Å². The first-order chi connectivity index (χ1) is 11.7. The van der Waals surface area contributed by atoms with Gasteiger partial charge < -0.3 is 15.5 Å². The Balaban J connectivity index is 1.40. The summed E-state index contributed by atoms with van der Waals surface area (Å²) in [5, 5.41) is 6.53. The van der Waals surface area contributed by atoms with Gasteiger partial charge in [-0.25, -0.2) is 0 Å². The van der Waals surface area contributed by atoms with E-state index in [1.807, 2.05) is 0 Å². The largest absolute Gasteiger partial charge is 0.369 e. The molecule has 0 spiro atoms. The normalized spacial score (nSPS) is 21.5. The molecule has 1 unspecified atom stereocenters. The third kappa shape index (κ3) is 4.71. The van der Waals surface area contributed by atoms with Gasteiger partial charge in [0.2, 0.25) is 5.91 Å². The van der Waals surface area contributed by atoms with Gasteiger partial charge in [0.25, 0.3) is 0 Å². The zero-order valence-corrected chi connectivity index (χ0v) is 14.7. The molecular formula is C19H30N4O. The van der Waals surface area contributed by atoms with Crippen molar-refractivity contribution in [2.75, 3.05) is 50.7 Å². The van der Waals surface area contributed by atoms with Crippen molar-refractivity contribution in [1.82, 2.24) is 15.5 Å². The summed E-state index contributed by atoms with van der Waals surface area (Å²) in [4.78, 5) is 17.2. The Hall–Kier alpha value is -1.59. The summed E-state index contributed by atoms with van der Waals surface area (Å²) in [6.07, 6.45) is 1.93. The third-order valence-electron chi connectivity index (χ3n) is 5.12. The number of anilines is 1. The maximum absolute atomic E-state index is 12.3. The number of rotatable bonds is 5. The highest BCUT2D eigenvalue weighted by molar-refractivity contribution is 5.79. The molecule has 2 heterocycles. The average Bonchev–Trinajstić information content (AvgIpc) is 2.64. The molecule has 0 saturated carbocycles. The van der Waals surface area contributed by atoms with Crippen molar-refractivity contribution < 1.29 is 4.79 Å². The molecular weight excluding hydrogens is 300 g/mol. The van der Waals surface area contributed by atoms with E-state index < -0.39 is 0 Å². The van der Waals surface area contributed by atoms with Gasteiger partial charge in [-0.2, -0.15) is 0 Å². The van der Waals surface area contributed by atoms with Crippen LogP contribution in [0.3, 0.4) is 0 Å². The minimum Gasteiger partial charge on any atom is -0.369 e. The fraction of sp³-hybridized carbons (Fsp3) is 0.632. The second-order valence-electron chi connectivity index (χ2n) is 7.06. The minimum absolute atomic E-state index is 0.198. The topological polar surface area (TPSA) is 47.6 Å². The monoisotopic (exact) mass is 330 g/mol. The van der Waals surface area contributed by atoms with Crippen LogP contribution in [0.2, 0.25) is 0 Å². The molecule has 2 saturated heterocycles. The Morgan fingerprint density at radius 1 is 1.17 bits per heavy atom. The molecule has 3 rings (SSSR count). The van der Waals surface area contributed by atoms with Crippen molar-refractivity contribution in [3.8, 4) is 0 Å². The second kappa shape index (κ2) is 8.49. The Morgan fingerprint density at radius 3 is 2.50 bits per heavy atom. The summed E-state index contributed by atoms with van der Waals surface area (Å²) in [6, 6.07) is 10.8. The molecule has 1 aromatic carbocycles. The van der Waals surface area contributed by atoms with Gasteiger partial charge in [-0.15, -0.1) is 0 Å². The zero-order valence-electron chi connectivity index (χ0n) is 14.7. The quantitative estimate of drug-likeness (QED) is 0.855. The van der Waals surface area contributed by atoms with E-state index >= 15 is 0 Å². The molecule has 2 N–H and O–H groups in total. The zero-order chi connectivity index (χ0) is 16.8. The van der Waals surface area contributed by atoms with Crippen molar-refractivity contribution in [2.24, 2.45) is 5.92 Å². The molecule has 5 nitrogen and oxygen atoms in total. The standard InChI is InChI=1S/C19H30N4O/c1-16(21-19(24)17-7-9-20-10-8-17)15-22-11-13-23(14-12-22)18-5-3-2-4-6-18/h2-6,16-17,20H,7-15H2,1H3,(H,21,24). The highest BCUT2D eigenvalue weighted by Gasteiger charge is 2.23. The Morgan fingerprint density at radius 2 is 1.83 bits per heavy atom. The van der Waals surface area contributed by atoms with Crippen LogP contribution in [0.15, 0.2) is 30.3 Å². The van der Waals surface area contributed by atoms with Gasteiger partial charge in [0.1, 0.15) is 0 Å². The van der Waals surface area contributed by atoms with Crippen LogP contribution in [-0.4, -0.2) is 62.7 Å². The van der Waals surface area contributed by atoms with Crippen LogP contribution in [0.25, 0.3) is 0 Å². The molecule has 5 heteroatoms. The Kier molecular flexibility index (Phi) is 6.10. The van der Waals surface area contributed by atoms with Gasteiger partial charge in [0.15, 0.2) is 0 Å². The number of hydrogen-bond acceptors (Lipinski definition) is 4. The van der Waals surface area contributed by atoms with Crippen molar-refractivity contribution in [1.29, 1.82) is 0 Å². The predicted octanol–water partition coefficient (Wildman–Crippen LogP) is 1.31. The summed E-state index contributed by atoms with van der Waals surface area (Å²) in [6.45, 7) is 9.23. The molecule has 0 bridgehead atoms. The minimum atomic E-state index is 0.198. The summed E-state index contributed by atoms with van der Waals surface area (Å²) < 4.78 is 0. The van der Waals surface area contributed by atoms with Crippen LogP contribution in [0, 0.1) is 5.92 Å². The molecule has 1 atom stereocenters. The van der Waals surface area contributed by atoms with Crippen molar-refractivity contribution >= 4 is 11.6 Å². The number of benzene rings is 1. The number of piperidine rings is 1. The van der Waals surface area contributed by atoms with E-state index in [0.717, 1.165) is 58.7 Å². The van der Waals surface area contributed by atoms with E-state index in [2.05, 4.69) is 57.7 Å². The predicted molar refractivity (Wildman–Crippen MR) is 98.3 cm³/mol. The number of piperazine rings is 1. The molecule has 0 radical (unpaired) electrons. The summed E-state index contributed by atoms with van der Waals surface area (Å²) >= 11 is 0. The van der Waals surface area contributed by atoms with Gasteiger partial charge in [-0.3, -0.25) is 9.69 Å². The van der Waals surface area contributed by atoms with Gasteiger partial charge >= 0.3 is 0 Å². The summed E-state index contributed by atoms with van der Waals surface area (Å²) in [7, 11) is 0. The van der Waals surface area contributed by atoms with Crippen LogP contribution in [0.4, 0.5) is 5.69 Å². The summed E-state index contributed by atoms with van der Waals surface area (Å²) in [5.41, 5.74) is 1.31. The molecule has 1 amide bonds. The number of carbonyl (C=O) groups excluding carboxylic acids is 1. The fourth-order valence-electron chi connectivity index (χ4n) is 3.71. The molecule has 0 aliphatic carbocycles. The molecule has 0 aromatic heterocycles. The fourth-order valence-corrected chi connectivity index (χ4v) is 3.71. The highest BCUT2D eigenvalue weighted by atomic mass is 16.1. The van der Waals surface area contributed by atoms with Crippen molar-refractivity contribution in [2.45, 2.75) is 25.8 Å². The lowest BCUT2D eigenvalue weighted by Gasteiger charge is -2.37. The van der Waals surface area contributed by atoms with Crippen LogP contribution in [-0.2, 0) is 4.79 Å². The van der Waals surface area contributed by atoms with Gasteiger partial charge in [0, 0.05) is 50.4 Å². The van der Waals surface area contributed by atoms with Crippen LogP contribution >= 0.6 is 0 Å². The number of para-hydroxylation sites is 1. The van der Waals surface area contributed by atoms with Crippen LogP contribution in [0.5, 0.6) is 0 Å². The van der Waals surface area contributed by atoms with Crippen molar-refractivity contribution in [3.05, 3.63) is 30.3 Å². The summed E-state index contributed by atoms with van der Waals surface area (Å²) in [5.74, 6) is 0.440. The number of nitrogens with one attached hydrogen (secondary N) is 2. The van der Waals surface area contributed by atoms with E-state index in [9.17, 15) is 4.79 Å². The molecule has 2 fully saturated rings. The first-order valence-corrected chi connectivity index (χ1v) is 9.26. The van der Waals surface area contributed by atoms with Gasteiger partial charge in [0.05, 0.1) is 0 Å². The first kappa shape index (κ1) is 17.2. The molecule has 1 aromatic rings. The lowest BCUT2D eigenvalue weighted by atomic mass is 9.97. The lowest BCUT2D eigenvalue weighted by molar-refractivity contribution is -0.126. The number of hydrogen-bond donors (Lipinski definition) is 2. The third-order valence-corrected chi connectivity index (χ3v) is 5.12. The van der Waals surface area contributed by atoms with E-state index in [1.165, 1.54) is 5.69 Å².